The summed E-state index contributed by atoms with van der Waals surface area (Å²) >= 11 is 5.26. The molecule has 19 heavy (non-hydrogen) atoms. The molecule has 0 bridgehead atoms. The highest BCUT2D eigenvalue weighted by Gasteiger charge is 2.12. The highest BCUT2D eigenvalue weighted by Crippen LogP contribution is 2.24. The summed E-state index contributed by atoms with van der Waals surface area (Å²) in [5, 5.41) is 6.70. The van der Waals surface area contributed by atoms with Gasteiger partial charge in [-0.3, -0.25) is 0 Å². The second kappa shape index (κ2) is 7.03. The molecule has 1 heterocycles. The number of ether oxygens (including phenoxy) is 1. The van der Waals surface area contributed by atoms with E-state index in [1.165, 1.54) is 5.56 Å². The number of halogens is 1. The molecular formula is C14H17BrN2OS. The summed E-state index contributed by atoms with van der Waals surface area (Å²) in [7, 11) is 1.69. The van der Waals surface area contributed by atoms with Crippen molar-refractivity contribution in [3.8, 4) is 5.75 Å². The van der Waals surface area contributed by atoms with Gasteiger partial charge in [-0.05, 0) is 30.2 Å². The maximum absolute atomic E-state index is 5.26. The van der Waals surface area contributed by atoms with E-state index in [4.69, 9.17) is 4.74 Å². The fraction of sp³-hybridized carbons (Fsp3) is 0.357. The van der Waals surface area contributed by atoms with Crippen molar-refractivity contribution >= 4 is 27.3 Å². The fourth-order valence-corrected chi connectivity index (χ4v) is 3.04. The number of methoxy groups -OCH3 is 1. The molecule has 1 atom stereocenters. The maximum Gasteiger partial charge on any atom is 0.119 e. The standard InChI is InChI=1S/C14H17BrN2OS/c1-3-13(14-16-6-7-19-14)17-9-10-8-11(18-2)4-5-12(10)15/h4-8,13,17H,3,9H2,1-2H3. The van der Waals surface area contributed by atoms with Gasteiger partial charge in [-0.1, -0.05) is 22.9 Å². The lowest BCUT2D eigenvalue weighted by molar-refractivity contribution is 0.413. The van der Waals surface area contributed by atoms with Crippen LogP contribution in [0, 0.1) is 0 Å². The number of benzene rings is 1. The maximum atomic E-state index is 5.26. The van der Waals surface area contributed by atoms with E-state index < -0.39 is 0 Å². The van der Waals surface area contributed by atoms with Crippen molar-refractivity contribution in [2.75, 3.05) is 7.11 Å². The van der Waals surface area contributed by atoms with Crippen LogP contribution in [-0.4, -0.2) is 12.1 Å². The van der Waals surface area contributed by atoms with E-state index in [9.17, 15) is 0 Å². The highest BCUT2D eigenvalue weighted by molar-refractivity contribution is 9.10. The zero-order valence-electron chi connectivity index (χ0n) is 11.0. The van der Waals surface area contributed by atoms with E-state index in [-0.39, 0.29) is 0 Å². The quantitative estimate of drug-likeness (QED) is 0.857. The van der Waals surface area contributed by atoms with Crippen molar-refractivity contribution in [3.05, 3.63) is 44.8 Å². The number of aromatic nitrogens is 1. The highest BCUT2D eigenvalue weighted by atomic mass is 79.9. The molecule has 0 amide bonds. The van der Waals surface area contributed by atoms with Crippen LogP contribution in [0.4, 0.5) is 0 Å². The number of hydrogen-bond donors (Lipinski definition) is 1. The predicted octanol–water partition coefficient (Wildman–Crippen LogP) is 4.16. The first-order valence-electron chi connectivity index (χ1n) is 6.19. The van der Waals surface area contributed by atoms with Gasteiger partial charge in [-0.15, -0.1) is 11.3 Å². The molecule has 0 fully saturated rings. The van der Waals surface area contributed by atoms with Crippen LogP contribution in [0.3, 0.4) is 0 Å². The van der Waals surface area contributed by atoms with Gasteiger partial charge >= 0.3 is 0 Å². The van der Waals surface area contributed by atoms with Crippen molar-refractivity contribution < 1.29 is 4.74 Å². The first-order chi connectivity index (χ1) is 9.24. The van der Waals surface area contributed by atoms with E-state index in [0.717, 1.165) is 28.2 Å². The van der Waals surface area contributed by atoms with Crippen LogP contribution >= 0.6 is 27.3 Å². The summed E-state index contributed by atoms with van der Waals surface area (Å²) in [6, 6.07) is 6.32. The average Bonchev–Trinajstić information content (AvgIpc) is 2.95. The van der Waals surface area contributed by atoms with Gasteiger partial charge in [0.15, 0.2) is 0 Å². The van der Waals surface area contributed by atoms with Crippen LogP contribution in [0.25, 0.3) is 0 Å². The number of rotatable bonds is 6. The molecule has 1 aromatic heterocycles. The first-order valence-corrected chi connectivity index (χ1v) is 7.87. The lowest BCUT2D eigenvalue weighted by Crippen LogP contribution is -2.20. The van der Waals surface area contributed by atoms with Gasteiger partial charge in [-0.2, -0.15) is 0 Å². The Balaban J connectivity index is 2.05. The van der Waals surface area contributed by atoms with Gasteiger partial charge in [-0.25, -0.2) is 4.98 Å². The molecule has 3 nitrogen and oxygen atoms in total. The van der Waals surface area contributed by atoms with Crippen molar-refractivity contribution in [2.24, 2.45) is 0 Å². The number of hydrogen-bond acceptors (Lipinski definition) is 4. The minimum atomic E-state index is 0.304. The minimum Gasteiger partial charge on any atom is -0.497 e. The third-order valence-electron chi connectivity index (χ3n) is 2.95. The summed E-state index contributed by atoms with van der Waals surface area (Å²) in [5.41, 5.74) is 1.19. The summed E-state index contributed by atoms with van der Waals surface area (Å²) in [5.74, 6) is 0.877. The summed E-state index contributed by atoms with van der Waals surface area (Å²) in [6.07, 6.45) is 2.88. The lowest BCUT2D eigenvalue weighted by atomic mass is 10.2. The van der Waals surface area contributed by atoms with Crippen molar-refractivity contribution in [1.29, 1.82) is 0 Å². The zero-order chi connectivity index (χ0) is 13.7. The van der Waals surface area contributed by atoms with Gasteiger partial charge < -0.3 is 10.1 Å². The van der Waals surface area contributed by atoms with Crippen LogP contribution in [0.1, 0.15) is 30.0 Å². The van der Waals surface area contributed by atoms with E-state index >= 15 is 0 Å². The summed E-state index contributed by atoms with van der Waals surface area (Å²) < 4.78 is 6.35. The van der Waals surface area contributed by atoms with Crippen molar-refractivity contribution in [2.45, 2.75) is 25.9 Å². The summed E-state index contributed by atoms with van der Waals surface area (Å²) in [6.45, 7) is 2.95. The molecule has 102 valence electrons. The Kier molecular flexibility index (Phi) is 5.36. The molecule has 2 rings (SSSR count). The Morgan fingerprint density at radius 1 is 1.47 bits per heavy atom. The Labute approximate surface area is 126 Å². The van der Waals surface area contributed by atoms with E-state index in [1.54, 1.807) is 18.4 Å². The van der Waals surface area contributed by atoms with Crippen LogP contribution in [0.15, 0.2) is 34.2 Å². The van der Waals surface area contributed by atoms with Gasteiger partial charge in [0.1, 0.15) is 10.8 Å². The monoisotopic (exact) mass is 340 g/mol. The molecule has 0 aliphatic rings. The molecule has 5 heteroatoms. The van der Waals surface area contributed by atoms with Crippen LogP contribution in [0.2, 0.25) is 0 Å². The molecule has 1 N–H and O–H groups in total. The molecule has 0 aliphatic heterocycles. The largest absolute Gasteiger partial charge is 0.497 e. The molecule has 0 radical (unpaired) electrons. The van der Waals surface area contributed by atoms with Crippen molar-refractivity contribution in [3.63, 3.8) is 0 Å². The molecule has 0 aliphatic carbocycles. The third kappa shape index (κ3) is 3.78. The second-order valence-electron chi connectivity index (χ2n) is 4.17. The fourth-order valence-electron chi connectivity index (χ4n) is 1.86. The molecular weight excluding hydrogens is 324 g/mol. The molecule has 2 aromatic rings. The van der Waals surface area contributed by atoms with E-state index in [1.807, 2.05) is 29.8 Å². The smallest absolute Gasteiger partial charge is 0.119 e. The Bertz CT molecular complexity index is 516. The Hall–Kier alpha value is -0.910. The number of nitrogens with zero attached hydrogens (tertiary/aromatic N) is 1. The summed E-state index contributed by atoms with van der Waals surface area (Å²) in [4.78, 5) is 4.38. The Morgan fingerprint density at radius 3 is 2.95 bits per heavy atom. The number of nitrogens with one attached hydrogen (secondary N) is 1. The van der Waals surface area contributed by atoms with Crippen LogP contribution < -0.4 is 10.1 Å². The molecule has 0 spiro atoms. The van der Waals surface area contributed by atoms with Gasteiger partial charge in [0.25, 0.3) is 0 Å². The minimum absolute atomic E-state index is 0.304. The average molecular weight is 341 g/mol. The topological polar surface area (TPSA) is 34.1 Å². The van der Waals surface area contributed by atoms with E-state index in [2.05, 4.69) is 33.2 Å². The zero-order valence-corrected chi connectivity index (χ0v) is 13.4. The van der Waals surface area contributed by atoms with Gasteiger partial charge in [0, 0.05) is 22.6 Å². The first kappa shape index (κ1) is 14.5. The number of thiazole rings is 1. The Morgan fingerprint density at radius 2 is 2.32 bits per heavy atom. The molecule has 1 aromatic carbocycles. The van der Waals surface area contributed by atoms with Crippen LogP contribution in [-0.2, 0) is 6.54 Å². The van der Waals surface area contributed by atoms with Gasteiger partial charge in [0.05, 0.1) is 13.2 Å². The lowest BCUT2D eigenvalue weighted by Gasteiger charge is -2.15. The predicted molar refractivity (Wildman–Crippen MR) is 82.7 cm³/mol. The third-order valence-corrected chi connectivity index (χ3v) is 4.61. The van der Waals surface area contributed by atoms with Crippen molar-refractivity contribution in [1.82, 2.24) is 10.3 Å². The van der Waals surface area contributed by atoms with Gasteiger partial charge in [0.2, 0.25) is 0 Å². The normalized spacial score (nSPS) is 12.4. The molecule has 1 unspecified atom stereocenters. The SMILES string of the molecule is CCC(NCc1cc(OC)ccc1Br)c1nccs1. The second-order valence-corrected chi connectivity index (χ2v) is 5.95. The molecule has 0 saturated heterocycles. The molecule has 0 saturated carbocycles. The van der Waals surface area contributed by atoms with Crippen LogP contribution in [0.5, 0.6) is 5.75 Å². The van der Waals surface area contributed by atoms with E-state index in [0.29, 0.717) is 6.04 Å².